The zero-order valence-corrected chi connectivity index (χ0v) is 17.9. The van der Waals surface area contributed by atoms with E-state index in [0.29, 0.717) is 36.2 Å². The maximum Gasteiger partial charge on any atom is 0.161 e. The molecule has 0 aliphatic carbocycles. The van der Waals surface area contributed by atoms with Crippen LogP contribution in [0.4, 0.5) is 11.5 Å². The molecule has 0 aliphatic rings. The van der Waals surface area contributed by atoms with Crippen molar-refractivity contribution in [3.63, 3.8) is 0 Å². The predicted octanol–water partition coefficient (Wildman–Crippen LogP) is 4.48. The summed E-state index contributed by atoms with van der Waals surface area (Å²) < 4.78 is 17.6. The van der Waals surface area contributed by atoms with E-state index >= 15 is 0 Å². The van der Waals surface area contributed by atoms with Crippen LogP contribution in [0.2, 0.25) is 0 Å². The Morgan fingerprint density at radius 2 is 1.71 bits per heavy atom. The van der Waals surface area contributed by atoms with Crippen molar-refractivity contribution in [2.45, 2.75) is 13.2 Å². The van der Waals surface area contributed by atoms with Gasteiger partial charge in [-0.3, -0.25) is 0 Å². The Morgan fingerprint density at radius 1 is 0.964 bits per heavy atom. The first-order chi connectivity index (χ1) is 13.6. The highest BCUT2D eigenvalue weighted by atomic mass is 127. The molecule has 0 spiro atoms. The van der Waals surface area contributed by atoms with Crippen molar-refractivity contribution in [1.82, 2.24) is 4.98 Å². The van der Waals surface area contributed by atoms with Crippen molar-refractivity contribution >= 4 is 34.1 Å². The Morgan fingerprint density at radius 3 is 2.39 bits per heavy atom. The number of nitrogens with one attached hydrogen (secondary N) is 1. The Hall–Kier alpha value is -2.68. The number of benzene rings is 2. The highest BCUT2D eigenvalue weighted by Crippen LogP contribution is 2.29. The molecule has 3 rings (SSSR count). The fraction of sp³-hybridized carbons (Fsp3) is 0.190. The van der Waals surface area contributed by atoms with Gasteiger partial charge in [0.15, 0.2) is 11.5 Å². The number of methoxy groups -OCH3 is 2. The lowest BCUT2D eigenvalue weighted by molar-refractivity contribution is 0.284. The molecule has 1 aromatic heterocycles. The van der Waals surface area contributed by atoms with E-state index in [4.69, 9.17) is 19.9 Å². The number of aromatic nitrogens is 1. The monoisotopic (exact) mass is 491 g/mol. The second-order valence-corrected chi connectivity index (χ2v) is 7.31. The lowest BCUT2D eigenvalue weighted by Gasteiger charge is -2.13. The number of nitrogens with zero attached hydrogens (tertiary/aromatic N) is 1. The van der Waals surface area contributed by atoms with E-state index < -0.39 is 0 Å². The minimum absolute atomic E-state index is 0.445. The first-order valence-electron chi connectivity index (χ1n) is 8.66. The second-order valence-electron chi connectivity index (χ2n) is 6.07. The number of anilines is 2. The summed E-state index contributed by atoms with van der Waals surface area (Å²) in [6.45, 7) is 1.02. The molecule has 0 bridgehead atoms. The third-order valence-electron chi connectivity index (χ3n) is 4.13. The SMILES string of the molecule is COc1ccc(COc2ccc(CNc3ncc(I)cc3N)cc2OC)cc1. The summed E-state index contributed by atoms with van der Waals surface area (Å²) in [7, 11) is 3.28. The van der Waals surface area contributed by atoms with E-state index in [9.17, 15) is 0 Å². The average molecular weight is 491 g/mol. The molecule has 7 heteroatoms. The molecule has 0 aliphatic heterocycles. The van der Waals surface area contributed by atoms with Gasteiger partial charge in [-0.15, -0.1) is 0 Å². The van der Waals surface area contributed by atoms with Gasteiger partial charge in [0.1, 0.15) is 18.2 Å². The van der Waals surface area contributed by atoms with Crippen LogP contribution in [0.25, 0.3) is 0 Å². The molecular weight excluding hydrogens is 469 g/mol. The highest BCUT2D eigenvalue weighted by Gasteiger charge is 2.08. The van der Waals surface area contributed by atoms with Gasteiger partial charge in [0.25, 0.3) is 0 Å². The van der Waals surface area contributed by atoms with Gasteiger partial charge in [0, 0.05) is 16.3 Å². The summed E-state index contributed by atoms with van der Waals surface area (Å²) in [5.74, 6) is 2.85. The van der Waals surface area contributed by atoms with Crippen molar-refractivity contribution in [3.05, 3.63) is 69.4 Å². The molecule has 0 radical (unpaired) electrons. The first-order valence-corrected chi connectivity index (χ1v) is 9.74. The molecule has 0 amide bonds. The van der Waals surface area contributed by atoms with E-state index in [1.54, 1.807) is 20.4 Å². The Bertz CT molecular complexity index is 933. The van der Waals surface area contributed by atoms with Crippen molar-refractivity contribution in [2.75, 3.05) is 25.3 Å². The number of pyridine rings is 1. The van der Waals surface area contributed by atoms with E-state index in [0.717, 1.165) is 20.4 Å². The van der Waals surface area contributed by atoms with Crippen LogP contribution in [0, 0.1) is 3.57 Å². The molecule has 146 valence electrons. The van der Waals surface area contributed by atoms with E-state index in [2.05, 4.69) is 32.9 Å². The smallest absolute Gasteiger partial charge is 0.161 e. The number of ether oxygens (including phenoxy) is 3. The minimum Gasteiger partial charge on any atom is -0.497 e. The van der Waals surface area contributed by atoms with Crippen LogP contribution in [-0.2, 0) is 13.2 Å². The van der Waals surface area contributed by atoms with Gasteiger partial charge < -0.3 is 25.3 Å². The van der Waals surface area contributed by atoms with Crippen molar-refractivity contribution in [3.8, 4) is 17.2 Å². The third-order valence-corrected chi connectivity index (χ3v) is 4.72. The molecule has 6 nitrogen and oxygen atoms in total. The van der Waals surface area contributed by atoms with Crippen molar-refractivity contribution < 1.29 is 14.2 Å². The highest BCUT2D eigenvalue weighted by molar-refractivity contribution is 14.1. The summed E-state index contributed by atoms with van der Waals surface area (Å²) >= 11 is 2.18. The van der Waals surface area contributed by atoms with Gasteiger partial charge in [0.05, 0.1) is 19.9 Å². The lowest BCUT2D eigenvalue weighted by atomic mass is 10.2. The molecule has 0 saturated heterocycles. The average Bonchev–Trinajstić information content (AvgIpc) is 2.72. The number of nitrogen functional groups attached to an aromatic ring is 1. The predicted molar refractivity (Wildman–Crippen MR) is 119 cm³/mol. The largest absolute Gasteiger partial charge is 0.497 e. The molecule has 0 saturated carbocycles. The zero-order valence-electron chi connectivity index (χ0n) is 15.7. The molecule has 0 atom stereocenters. The van der Waals surface area contributed by atoms with Crippen LogP contribution in [0.3, 0.4) is 0 Å². The Labute approximate surface area is 178 Å². The van der Waals surface area contributed by atoms with Gasteiger partial charge in [0.2, 0.25) is 0 Å². The molecule has 0 fully saturated rings. The Kier molecular flexibility index (Phi) is 6.80. The van der Waals surface area contributed by atoms with Crippen molar-refractivity contribution in [2.24, 2.45) is 0 Å². The fourth-order valence-electron chi connectivity index (χ4n) is 2.61. The van der Waals surface area contributed by atoms with Crippen LogP contribution < -0.4 is 25.3 Å². The number of hydrogen-bond acceptors (Lipinski definition) is 6. The molecule has 2 aromatic carbocycles. The lowest BCUT2D eigenvalue weighted by Crippen LogP contribution is -2.05. The maximum atomic E-state index is 6.00. The second kappa shape index (κ2) is 9.50. The molecule has 0 unspecified atom stereocenters. The van der Waals surface area contributed by atoms with E-state index in [1.807, 2.05) is 48.5 Å². The molecular formula is C21H22IN3O3. The quantitative estimate of drug-likeness (QED) is 0.453. The maximum absolute atomic E-state index is 6.00. The third kappa shape index (κ3) is 5.19. The van der Waals surface area contributed by atoms with Crippen molar-refractivity contribution in [1.29, 1.82) is 0 Å². The van der Waals surface area contributed by atoms with Crippen LogP contribution in [0.15, 0.2) is 54.7 Å². The summed E-state index contributed by atoms with van der Waals surface area (Å²) in [5.41, 5.74) is 8.71. The van der Waals surface area contributed by atoms with Gasteiger partial charge in [-0.25, -0.2) is 4.98 Å². The molecule has 28 heavy (non-hydrogen) atoms. The number of halogens is 1. The standard InChI is InChI=1S/C21H22IN3O3/c1-26-17-6-3-14(4-7-17)13-28-19-8-5-15(9-20(19)27-2)11-24-21-18(23)10-16(22)12-25-21/h3-10,12H,11,13,23H2,1-2H3,(H,24,25). The molecule has 3 N–H and O–H groups in total. The zero-order chi connectivity index (χ0) is 19.9. The van der Waals surface area contributed by atoms with Gasteiger partial charge >= 0.3 is 0 Å². The summed E-state index contributed by atoms with van der Waals surface area (Å²) in [5, 5.41) is 3.25. The van der Waals surface area contributed by atoms with Crippen LogP contribution in [0.1, 0.15) is 11.1 Å². The molecule has 3 aromatic rings. The van der Waals surface area contributed by atoms with Gasteiger partial charge in [-0.05, 0) is 64.0 Å². The van der Waals surface area contributed by atoms with E-state index in [1.165, 1.54) is 0 Å². The summed E-state index contributed by atoms with van der Waals surface area (Å²) in [4.78, 5) is 4.32. The fourth-order valence-corrected chi connectivity index (χ4v) is 3.09. The minimum atomic E-state index is 0.445. The number of rotatable bonds is 8. The van der Waals surface area contributed by atoms with Gasteiger partial charge in [-0.1, -0.05) is 18.2 Å². The number of hydrogen-bond donors (Lipinski definition) is 2. The first kappa shape index (κ1) is 20.1. The topological polar surface area (TPSA) is 78.6 Å². The van der Waals surface area contributed by atoms with Crippen LogP contribution >= 0.6 is 22.6 Å². The Balaban J connectivity index is 1.64. The molecule has 1 heterocycles. The van der Waals surface area contributed by atoms with Gasteiger partial charge in [-0.2, -0.15) is 0 Å². The number of nitrogens with two attached hydrogens (primary N) is 1. The van der Waals surface area contributed by atoms with E-state index in [-0.39, 0.29) is 0 Å². The van der Waals surface area contributed by atoms with Crippen LogP contribution in [0.5, 0.6) is 17.2 Å². The normalized spacial score (nSPS) is 10.4. The summed E-state index contributed by atoms with van der Waals surface area (Å²) in [6.07, 6.45) is 1.77. The van der Waals surface area contributed by atoms with Crippen LogP contribution in [-0.4, -0.2) is 19.2 Å². The summed E-state index contributed by atoms with van der Waals surface area (Å²) in [6, 6.07) is 15.5.